The van der Waals surface area contributed by atoms with E-state index in [1.165, 1.54) is 5.56 Å². The van der Waals surface area contributed by atoms with E-state index in [0.29, 0.717) is 5.82 Å². The highest BCUT2D eigenvalue weighted by molar-refractivity contribution is 7.84. The van der Waals surface area contributed by atoms with Crippen LogP contribution in [0.4, 0.5) is 5.82 Å². The SMILES string of the molecule is CCCc1nc2c(N)nc(C)c(C)c2n1CCCCCS(C)=O. The van der Waals surface area contributed by atoms with Crippen LogP contribution in [0.15, 0.2) is 0 Å². The monoisotopic (exact) mass is 336 g/mol. The Morgan fingerprint density at radius 2 is 1.91 bits per heavy atom. The Hall–Kier alpha value is -1.43. The number of nitrogens with zero attached hydrogens (tertiary/aromatic N) is 3. The van der Waals surface area contributed by atoms with Gasteiger partial charge in [-0.25, -0.2) is 9.97 Å². The number of hydrogen-bond acceptors (Lipinski definition) is 4. The van der Waals surface area contributed by atoms with Crippen LogP contribution in [0.1, 0.15) is 49.7 Å². The summed E-state index contributed by atoms with van der Waals surface area (Å²) in [5.41, 5.74) is 10.2. The van der Waals surface area contributed by atoms with E-state index in [9.17, 15) is 4.21 Å². The number of anilines is 1. The van der Waals surface area contributed by atoms with E-state index in [-0.39, 0.29) is 0 Å². The smallest absolute Gasteiger partial charge is 0.151 e. The second-order valence-corrected chi connectivity index (χ2v) is 7.73. The van der Waals surface area contributed by atoms with Crippen LogP contribution >= 0.6 is 0 Å². The number of aryl methyl sites for hydroxylation is 4. The predicted molar refractivity (Wildman–Crippen MR) is 98.2 cm³/mol. The number of imidazole rings is 1. The van der Waals surface area contributed by atoms with Crippen molar-refractivity contribution in [2.45, 2.75) is 59.4 Å². The molecule has 6 heteroatoms. The summed E-state index contributed by atoms with van der Waals surface area (Å²) >= 11 is 0. The number of pyridine rings is 1. The highest BCUT2D eigenvalue weighted by Crippen LogP contribution is 2.27. The van der Waals surface area contributed by atoms with Gasteiger partial charge in [0.25, 0.3) is 0 Å². The van der Waals surface area contributed by atoms with Crippen molar-refractivity contribution in [3.63, 3.8) is 0 Å². The first-order valence-electron chi connectivity index (χ1n) is 8.37. The maximum absolute atomic E-state index is 11.1. The molecule has 0 radical (unpaired) electrons. The fourth-order valence-corrected chi connectivity index (χ4v) is 3.56. The van der Waals surface area contributed by atoms with Crippen LogP contribution in [0.2, 0.25) is 0 Å². The first kappa shape index (κ1) is 17.9. The predicted octanol–water partition coefficient (Wildman–Crippen LogP) is 3.13. The lowest BCUT2D eigenvalue weighted by Crippen LogP contribution is -2.06. The maximum atomic E-state index is 11.1. The minimum Gasteiger partial charge on any atom is -0.382 e. The van der Waals surface area contributed by atoms with Crippen molar-refractivity contribution in [3.8, 4) is 0 Å². The quantitative estimate of drug-likeness (QED) is 0.752. The number of aromatic nitrogens is 3. The van der Waals surface area contributed by atoms with Crippen LogP contribution < -0.4 is 5.73 Å². The molecular formula is C17H28N4OS. The normalized spacial score (nSPS) is 12.9. The van der Waals surface area contributed by atoms with Crippen LogP contribution in [0.5, 0.6) is 0 Å². The number of nitrogens with two attached hydrogens (primary N) is 1. The van der Waals surface area contributed by atoms with Crippen molar-refractivity contribution in [2.75, 3.05) is 17.7 Å². The van der Waals surface area contributed by atoms with E-state index in [4.69, 9.17) is 10.7 Å². The van der Waals surface area contributed by atoms with Crippen LogP contribution in [0.25, 0.3) is 11.0 Å². The summed E-state index contributed by atoms with van der Waals surface area (Å²) in [6.45, 7) is 7.20. The van der Waals surface area contributed by atoms with Crippen LogP contribution in [0.3, 0.4) is 0 Å². The van der Waals surface area contributed by atoms with Crippen molar-refractivity contribution < 1.29 is 4.21 Å². The molecule has 0 saturated heterocycles. The van der Waals surface area contributed by atoms with Gasteiger partial charge in [0, 0.05) is 41.5 Å². The Morgan fingerprint density at radius 1 is 1.17 bits per heavy atom. The molecule has 128 valence electrons. The number of fused-ring (bicyclic) bond motifs is 1. The molecule has 1 atom stereocenters. The maximum Gasteiger partial charge on any atom is 0.151 e. The number of nitrogen functional groups attached to an aromatic ring is 1. The van der Waals surface area contributed by atoms with E-state index >= 15 is 0 Å². The summed E-state index contributed by atoms with van der Waals surface area (Å²) in [5.74, 6) is 2.42. The minimum absolute atomic E-state index is 0.528. The molecule has 0 aliphatic heterocycles. The van der Waals surface area contributed by atoms with Crippen LogP contribution in [0, 0.1) is 13.8 Å². The Bertz CT molecular complexity index is 708. The highest BCUT2D eigenvalue weighted by Gasteiger charge is 2.16. The topological polar surface area (TPSA) is 73.8 Å². The summed E-state index contributed by atoms with van der Waals surface area (Å²) < 4.78 is 13.5. The molecule has 0 aliphatic carbocycles. The lowest BCUT2D eigenvalue weighted by Gasteiger charge is -2.11. The fourth-order valence-electron chi connectivity index (χ4n) is 2.95. The molecule has 5 nitrogen and oxygen atoms in total. The molecule has 0 saturated carbocycles. The van der Waals surface area contributed by atoms with Gasteiger partial charge in [0.2, 0.25) is 0 Å². The first-order chi connectivity index (χ1) is 11.0. The number of rotatable bonds is 8. The van der Waals surface area contributed by atoms with Gasteiger partial charge in [0.05, 0.1) is 5.52 Å². The third-order valence-electron chi connectivity index (χ3n) is 4.26. The Kier molecular flexibility index (Phi) is 6.16. The summed E-state index contributed by atoms with van der Waals surface area (Å²) in [4.78, 5) is 9.17. The van der Waals surface area contributed by atoms with Gasteiger partial charge in [-0.2, -0.15) is 0 Å². The molecule has 0 amide bonds. The summed E-state index contributed by atoms with van der Waals surface area (Å²) in [6, 6.07) is 0. The van der Waals surface area contributed by atoms with E-state index < -0.39 is 10.8 Å². The zero-order valence-corrected chi connectivity index (χ0v) is 15.5. The minimum atomic E-state index is -0.689. The molecule has 0 aliphatic rings. The highest BCUT2D eigenvalue weighted by atomic mass is 32.2. The van der Waals surface area contributed by atoms with Gasteiger partial charge in [-0.15, -0.1) is 0 Å². The zero-order valence-electron chi connectivity index (χ0n) is 14.7. The second-order valence-electron chi connectivity index (χ2n) is 6.17. The largest absolute Gasteiger partial charge is 0.382 e. The van der Waals surface area contributed by atoms with Crippen molar-refractivity contribution in [3.05, 3.63) is 17.1 Å². The third kappa shape index (κ3) is 4.10. The Labute approximate surface area is 141 Å². The molecule has 1 unspecified atom stereocenters. The molecule has 2 rings (SSSR count). The molecule has 0 fully saturated rings. The lowest BCUT2D eigenvalue weighted by molar-refractivity contribution is 0.587. The zero-order chi connectivity index (χ0) is 17.0. The molecule has 0 spiro atoms. The molecule has 23 heavy (non-hydrogen) atoms. The van der Waals surface area contributed by atoms with Gasteiger partial charge in [-0.05, 0) is 38.7 Å². The number of hydrogen-bond donors (Lipinski definition) is 1. The fraction of sp³-hybridized carbons (Fsp3) is 0.647. The van der Waals surface area contributed by atoms with Crippen molar-refractivity contribution in [1.29, 1.82) is 0 Å². The van der Waals surface area contributed by atoms with Gasteiger partial charge < -0.3 is 10.3 Å². The molecule has 2 aromatic heterocycles. The summed E-state index contributed by atoms with van der Waals surface area (Å²) in [7, 11) is -0.689. The molecule has 0 bridgehead atoms. The average molecular weight is 337 g/mol. The van der Waals surface area contributed by atoms with E-state index in [1.807, 2.05) is 6.92 Å². The second kappa shape index (κ2) is 7.90. The third-order valence-corrected chi connectivity index (χ3v) is 5.13. The number of unbranched alkanes of at least 4 members (excludes halogenated alkanes) is 2. The Morgan fingerprint density at radius 3 is 2.57 bits per heavy atom. The van der Waals surface area contributed by atoms with Crippen LogP contribution in [-0.2, 0) is 23.8 Å². The van der Waals surface area contributed by atoms with E-state index in [2.05, 4.69) is 23.4 Å². The average Bonchev–Trinajstić information content (AvgIpc) is 2.84. The molecule has 0 aromatic carbocycles. The van der Waals surface area contributed by atoms with Crippen molar-refractivity contribution in [1.82, 2.24) is 14.5 Å². The summed E-state index contributed by atoms with van der Waals surface area (Å²) in [6.07, 6.45) is 6.95. The molecular weight excluding hydrogens is 308 g/mol. The van der Waals surface area contributed by atoms with Crippen molar-refractivity contribution >= 4 is 27.7 Å². The van der Waals surface area contributed by atoms with Crippen molar-refractivity contribution in [2.24, 2.45) is 0 Å². The first-order valence-corrected chi connectivity index (χ1v) is 10.1. The van der Waals surface area contributed by atoms with Gasteiger partial charge in [0.1, 0.15) is 11.3 Å². The van der Waals surface area contributed by atoms with E-state index in [0.717, 1.165) is 67.0 Å². The molecule has 2 N–H and O–H groups in total. The van der Waals surface area contributed by atoms with Gasteiger partial charge >= 0.3 is 0 Å². The van der Waals surface area contributed by atoms with Gasteiger partial charge in [-0.3, -0.25) is 4.21 Å². The Balaban J connectivity index is 2.28. The summed E-state index contributed by atoms with van der Waals surface area (Å²) in [5, 5.41) is 0. The van der Waals surface area contributed by atoms with Gasteiger partial charge in [0.15, 0.2) is 5.82 Å². The van der Waals surface area contributed by atoms with E-state index in [1.54, 1.807) is 6.26 Å². The standard InChI is InChI=1S/C17H28N4OS/c1-5-9-14-20-15-16(12(2)13(3)19-17(15)18)21(14)10-7-6-8-11-23(4)22/h5-11H2,1-4H3,(H2,18,19). The molecule has 2 aromatic rings. The van der Waals surface area contributed by atoms with Gasteiger partial charge in [-0.1, -0.05) is 13.3 Å². The van der Waals surface area contributed by atoms with Crippen LogP contribution in [-0.4, -0.2) is 30.8 Å². The molecule has 2 heterocycles. The lowest BCUT2D eigenvalue weighted by atomic mass is 10.2.